The van der Waals surface area contributed by atoms with E-state index in [1.165, 1.54) is 0 Å². The SMILES string of the molecule is CC1(O)CCN(c2nc(Cl)nc3sccc23)C1. The molecule has 1 fully saturated rings. The highest BCUT2D eigenvalue weighted by Gasteiger charge is 2.33. The first-order valence-electron chi connectivity index (χ1n) is 5.43. The smallest absolute Gasteiger partial charge is 0.225 e. The standard InChI is InChI=1S/C11H12ClN3OS/c1-11(16)3-4-15(6-11)8-7-2-5-17-9(7)14-10(12)13-8/h2,5,16H,3-4,6H2,1H3. The van der Waals surface area contributed by atoms with E-state index in [0.29, 0.717) is 6.54 Å². The van der Waals surface area contributed by atoms with Crippen molar-refractivity contribution in [1.29, 1.82) is 0 Å². The number of fused-ring (bicyclic) bond motifs is 1. The minimum Gasteiger partial charge on any atom is -0.388 e. The van der Waals surface area contributed by atoms with Gasteiger partial charge in [0.05, 0.1) is 11.0 Å². The second-order valence-electron chi connectivity index (χ2n) is 4.62. The number of thiophene rings is 1. The van der Waals surface area contributed by atoms with E-state index < -0.39 is 5.60 Å². The Morgan fingerprint density at radius 3 is 3.06 bits per heavy atom. The maximum atomic E-state index is 10.0. The summed E-state index contributed by atoms with van der Waals surface area (Å²) in [6.07, 6.45) is 0.750. The van der Waals surface area contributed by atoms with Crippen LogP contribution in [-0.4, -0.2) is 33.8 Å². The van der Waals surface area contributed by atoms with Crippen LogP contribution >= 0.6 is 22.9 Å². The van der Waals surface area contributed by atoms with Crippen molar-refractivity contribution in [2.45, 2.75) is 18.9 Å². The summed E-state index contributed by atoms with van der Waals surface area (Å²) in [7, 11) is 0. The van der Waals surface area contributed by atoms with E-state index in [2.05, 4.69) is 14.9 Å². The molecule has 1 N–H and O–H groups in total. The third-order valence-electron chi connectivity index (χ3n) is 3.03. The van der Waals surface area contributed by atoms with Crippen LogP contribution in [0.15, 0.2) is 11.4 Å². The molecule has 4 nitrogen and oxygen atoms in total. The Labute approximate surface area is 108 Å². The van der Waals surface area contributed by atoms with E-state index in [-0.39, 0.29) is 5.28 Å². The van der Waals surface area contributed by atoms with Crippen LogP contribution in [0.25, 0.3) is 10.2 Å². The molecule has 6 heteroatoms. The highest BCUT2D eigenvalue weighted by atomic mass is 35.5. The van der Waals surface area contributed by atoms with Crippen molar-refractivity contribution in [2.24, 2.45) is 0 Å². The number of rotatable bonds is 1. The van der Waals surface area contributed by atoms with Crippen LogP contribution in [0.2, 0.25) is 5.28 Å². The Kier molecular flexibility index (Phi) is 2.50. The van der Waals surface area contributed by atoms with E-state index in [1.807, 2.05) is 18.4 Å². The van der Waals surface area contributed by atoms with Gasteiger partial charge in [0.1, 0.15) is 10.6 Å². The van der Waals surface area contributed by atoms with E-state index >= 15 is 0 Å². The van der Waals surface area contributed by atoms with E-state index in [1.54, 1.807) is 11.3 Å². The Bertz CT molecular complexity index is 569. The Morgan fingerprint density at radius 1 is 1.53 bits per heavy atom. The molecule has 3 heterocycles. The lowest BCUT2D eigenvalue weighted by atomic mass is 10.1. The first kappa shape index (κ1) is 11.2. The molecule has 1 saturated heterocycles. The second-order valence-corrected chi connectivity index (χ2v) is 5.86. The van der Waals surface area contributed by atoms with E-state index in [4.69, 9.17) is 11.6 Å². The highest BCUT2D eigenvalue weighted by molar-refractivity contribution is 7.16. The molecule has 0 saturated carbocycles. The van der Waals surface area contributed by atoms with Gasteiger partial charge in [-0.3, -0.25) is 0 Å². The van der Waals surface area contributed by atoms with Gasteiger partial charge in [0.15, 0.2) is 0 Å². The summed E-state index contributed by atoms with van der Waals surface area (Å²) in [4.78, 5) is 11.5. The Morgan fingerprint density at radius 2 is 2.35 bits per heavy atom. The zero-order valence-electron chi connectivity index (χ0n) is 9.35. The average molecular weight is 270 g/mol. The summed E-state index contributed by atoms with van der Waals surface area (Å²) >= 11 is 7.48. The lowest BCUT2D eigenvalue weighted by Crippen LogP contribution is -2.30. The quantitative estimate of drug-likeness (QED) is 0.807. The number of hydrogen-bond acceptors (Lipinski definition) is 5. The summed E-state index contributed by atoms with van der Waals surface area (Å²) in [6, 6.07) is 2.00. The molecule has 3 rings (SSSR count). The monoisotopic (exact) mass is 269 g/mol. The minimum absolute atomic E-state index is 0.265. The zero-order chi connectivity index (χ0) is 12.0. The van der Waals surface area contributed by atoms with Crippen molar-refractivity contribution in [1.82, 2.24) is 9.97 Å². The minimum atomic E-state index is -0.639. The van der Waals surface area contributed by atoms with Crippen molar-refractivity contribution in [3.8, 4) is 0 Å². The van der Waals surface area contributed by atoms with Crippen LogP contribution in [0.5, 0.6) is 0 Å². The summed E-state index contributed by atoms with van der Waals surface area (Å²) in [5.41, 5.74) is -0.639. The van der Waals surface area contributed by atoms with Crippen LogP contribution in [0, 0.1) is 0 Å². The molecule has 0 bridgehead atoms. The summed E-state index contributed by atoms with van der Waals surface area (Å²) in [5.74, 6) is 0.832. The van der Waals surface area contributed by atoms with E-state index in [0.717, 1.165) is 29.0 Å². The topological polar surface area (TPSA) is 49.2 Å². The summed E-state index contributed by atoms with van der Waals surface area (Å²) in [5, 5.41) is 13.3. The summed E-state index contributed by atoms with van der Waals surface area (Å²) < 4.78 is 0. The number of hydrogen-bond donors (Lipinski definition) is 1. The van der Waals surface area contributed by atoms with Gasteiger partial charge in [0.25, 0.3) is 0 Å². The average Bonchev–Trinajstić information content (AvgIpc) is 2.82. The second kappa shape index (κ2) is 3.80. The number of aromatic nitrogens is 2. The van der Waals surface area contributed by atoms with Crippen LogP contribution in [0.1, 0.15) is 13.3 Å². The van der Waals surface area contributed by atoms with Gasteiger partial charge in [-0.05, 0) is 36.4 Å². The number of β-amino-alcohol motifs (C(OH)–C–C–N with tert-alkyl or cyclic N) is 1. The van der Waals surface area contributed by atoms with Crippen molar-refractivity contribution in [2.75, 3.05) is 18.0 Å². The largest absolute Gasteiger partial charge is 0.388 e. The first-order valence-corrected chi connectivity index (χ1v) is 6.69. The molecule has 1 aliphatic rings. The van der Waals surface area contributed by atoms with Gasteiger partial charge in [0.2, 0.25) is 5.28 Å². The molecule has 0 spiro atoms. The van der Waals surface area contributed by atoms with Gasteiger partial charge >= 0.3 is 0 Å². The predicted molar refractivity (Wildman–Crippen MR) is 69.9 cm³/mol. The van der Waals surface area contributed by atoms with Crippen molar-refractivity contribution in [3.05, 3.63) is 16.7 Å². The third kappa shape index (κ3) is 1.99. The number of aliphatic hydroxyl groups is 1. The van der Waals surface area contributed by atoms with Gasteiger partial charge in [-0.2, -0.15) is 4.98 Å². The number of anilines is 1. The number of halogens is 1. The summed E-state index contributed by atoms with van der Waals surface area (Å²) in [6.45, 7) is 3.23. The maximum absolute atomic E-state index is 10.0. The third-order valence-corrected chi connectivity index (χ3v) is 4.00. The maximum Gasteiger partial charge on any atom is 0.225 e. The van der Waals surface area contributed by atoms with Crippen LogP contribution < -0.4 is 4.90 Å². The van der Waals surface area contributed by atoms with Gasteiger partial charge in [-0.25, -0.2) is 4.98 Å². The van der Waals surface area contributed by atoms with E-state index in [9.17, 15) is 5.11 Å². The molecule has 0 amide bonds. The molecule has 17 heavy (non-hydrogen) atoms. The van der Waals surface area contributed by atoms with Gasteiger partial charge in [0, 0.05) is 13.1 Å². The van der Waals surface area contributed by atoms with Crippen LogP contribution in [0.4, 0.5) is 5.82 Å². The molecule has 0 aliphatic carbocycles. The van der Waals surface area contributed by atoms with Crippen molar-refractivity contribution >= 4 is 39.0 Å². The lowest BCUT2D eigenvalue weighted by molar-refractivity contribution is 0.0839. The normalized spacial score (nSPS) is 24.8. The van der Waals surface area contributed by atoms with Crippen molar-refractivity contribution in [3.63, 3.8) is 0 Å². The molecule has 1 unspecified atom stereocenters. The lowest BCUT2D eigenvalue weighted by Gasteiger charge is -2.20. The highest BCUT2D eigenvalue weighted by Crippen LogP contribution is 2.33. The molecular weight excluding hydrogens is 258 g/mol. The molecule has 1 aliphatic heterocycles. The predicted octanol–water partition coefficient (Wildman–Crippen LogP) is 2.31. The van der Waals surface area contributed by atoms with Gasteiger partial charge in [-0.1, -0.05) is 0 Å². The molecule has 2 aromatic rings. The zero-order valence-corrected chi connectivity index (χ0v) is 10.9. The fraction of sp³-hybridized carbons (Fsp3) is 0.455. The fourth-order valence-electron chi connectivity index (χ4n) is 2.18. The molecule has 90 valence electrons. The Balaban J connectivity index is 2.08. The molecular formula is C11H12ClN3OS. The van der Waals surface area contributed by atoms with Crippen molar-refractivity contribution < 1.29 is 5.11 Å². The van der Waals surface area contributed by atoms with Crippen LogP contribution in [0.3, 0.4) is 0 Å². The Hall–Kier alpha value is -0.910. The molecule has 1 atom stereocenters. The number of nitrogens with zero attached hydrogens (tertiary/aromatic N) is 3. The van der Waals surface area contributed by atoms with Gasteiger partial charge in [-0.15, -0.1) is 11.3 Å². The van der Waals surface area contributed by atoms with Gasteiger partial charge < -0.3 is 10.0 Å². The van der Waals surface area contributed by atoms with Crippen LogP contribution in [-0.2, 0) is 0 Å². The molecule has 2 aromatic heterocycles. The first-order chi connectivity index (χ1) is 8.05. The molecule has 0 radical (unpaired) electrons. The fourth-order valence-corrected chi connectivity index (χ4v) is 3.15. The molecule has 0 aromatic carbocycles.